The molecule has 0 amide bonds. The van der Waals surface area contributed by atoms with Gasteiger partial charge in [-0.15, -0.1) is 0 Å². The van der Waals surface area contributed by atoms with Gasteiger partial charge in [0.1, 0.15) is 0 Å². The van der Waals surface area contributed by atoms with Crippen LogP contribution in [0.3, 0.4) is 0 Å². The summed E-state index contributed by atoms with van der Waals surface area (Å²) in [6.45, 7) is 2.19. The zero-order chi connectivity index (χ0) is 10.5. The van der Waals surface area contributed by atoms with Gasteiger partial charge in [0.15, 0.2) is 0 Å². The minimum atomic E-state index is 0.284. The van der Waals surface area contributed by atoms with Crippen LogP contribution in [0.5, 0.6) is 0 Å². The molecule has 2 aliphatic carbocycles. The summed E-state index contributed by atoms with van der Waals surface area (Å²) in [4.78, 5) is 0. The monoisotopic (exact) mass is 201 g/mol. The van der Waals surface area contributed by atoms with Gasteiger partial charge < -0.3 is 5.73 Å². The Labute approximate surface area is 91.7 Å². The van der Waals surface area contributed by atoms with Crippen LogP contribution in [0.1, 0.15) is 54.8 Å². The first-order valence-corrected chi connectivity index (χ1v) is 6.08. The van der Waals surface area contributed by atoms with Gasteiger partial charge in [-0.2, -0.15) is 0 Å². The summed E-state index contributed by atoms with van der Waals surface area (Å²) >= 11 is 0. The predicted octanol–water partition coefficient (Wildman–Crippen LogP) is 3.21. The van der Waals surface area contributed by atoms with Crippen LogP contribution in [-0.2, 0) is 5.41 Å². The van der Waals surface area contributed by atoms with Crippen LogP contribution in [0.15, 0.2) is 18.2 Å². The molecule has 0 heterocycles. The first-order valence-electron chi connectivity index (χ1n) is 6.08. The van der Waals surface area contributed by atoms with E-state index in [0.29, 0.717) is 5.41 Å². The molecular formula is C14H19N. The number of hydrogen-bond donors (Lipinski definition) is 1. The molecule has 0 saturated heterocycles. The SMILES string of the molecule is Cc1ccc2c(c1)C1(CCC1)CCC2N. The number of benzene rings is 1. The molecule has 1 heteroatoms. The van der Waals surface area contributed by atoms with E-state index < -0.39 is 0 Å². The number of nitrogens with two attached hydrogens (primary N) is 1. The van der Waals surface area contributed by atoms with Crippen molar-refractivity contribution in [3.05, 3.63) is 34.9 Å². The van der Waals surface area contributed by atoms with E-state index in [2.05, 4.69) is 25.1 Å². The van der Waals surface area contributed by atoms with Crippen LogP contribution in [0.2, 0.25) is 0 Å². The molecule has 0 aliphatic heterocycles. The van der Waals surface area contributed by atoms with Crippen LogP contribution in [0.4, 0.5) is 0 Å². The largest absolute Gasteiger partial charge is 0.324 e. The zero-order valence-electron chi connectivity index (χ0n) is 9.42. The highest BCUT2D eigenvalue weighted by atomic mass is 14.7. The Hall–Kier alpha value is -0.820. The van der Waals surface area contributed by atoms with Gasteiger partial charge in [0.25, 0.3) is 0 Å². The van der Waals surface area contributed by atoms with Gasteiger partial charge in [-0.25, -0.2) is 0 Å². The molecule has 1 aromatic rings. The lowest BCUT2D eigenvalue weighted by molar-refractivity contribution is 0.199. The Bertz CT molecular complexity index is 390. The molecule has 1 aromatic carbocycles. The molecule has 1 fully saturated rings. The highest BCUT2D eigenvalue weighted by Gasteiger charge is 2.43. The Morgan fingerprint density at radius 1 is 1.27 bits per heavy atom. The third-order valence-electron chi connectivity index (χ3n) is 4.42. The van der Waals surface area contributed by atoms with Gasteiger partial charge >= 0.3 is 0 Å². The fraction of sp³-hybridized carbons (Fsp3) is 0.571. The Kier molecular flexibility index (Phi) is 1.93. The molecule has 1 atom stereocenters. The van der Waals surface area contributed by atoms with Crippen molar-refractivity contribution >= 4 is 0 Å². The van der Waals surface area contributed by atoms with Crippen LogP contribution < -0.4 is 5.73 Å². The van der Waals surface area contributed by atoms with Crippen molar-refractivity contribution in [1.29, 1.82) is 0 Å². The van der Waals surface area contributed by atoms with Crippen molar-refractivity contribution in [2.24, 2.45) is 5.73 Å². The lowest BCUT2D eigenvalue weighted by Crippen LogP contribution is -2.40. The molecule has 3 rings (SSSR count). The zero-order valence-corrected chi connectivity index (χ0v) is 9.42. The average molecular weight is 201 g/mol. The molecule has 2 aliphatic rings. The molecule has 0 bridgehead atoms. The molecule has 1 nitrogen and oxygen atoms in total. The Morgan fingerprint density at radius 3 is 2.73 bits per heavy atom. The van der Waals surface area contributed by atoms with Crippen LogP contribution >= 0.6 is 0 Å². The molecule has 1 spiro atoms. The van der Waals surface area contributed by atoms with Crippen molar-refractivity contribution in [3.8, 4) is 0 Å². The van der Waals surface area contributed by atoms with Crippen LogP contribution in [0, 0.1) is 6.92 Å². The molecule has 1 unspecified atom stereocenters. The van der Waals surface area contributed by atoms with Crippen molar-refractivity contribution in [3.63, 3.8) is 0 Å². The van der Waals surface area contributed by atoms with E-state index in [4.69, 9.17) is 5.73 Å². The van der Waals surface area contributed by atoms with Gasteiger partial charge in [-0.1, -0.05) is 30.2 Å². The summed E-state index contributed by atoms with van der Waals surface area (Å²) in [6, 6.07) is 7.13. The molecule has 80 valence electrons. The standard InChI is InChI=1S/C14H19N/c1-10-3-4-11-12(9-10)14(6-2-7-14)8-5-13(11)15/h3-4,9,13H,2,5-8,15H2,1H3. The fourth-order valence-corrected chi connectivity index (χ4v) is 3.30. The van der Waals surface area contributed by atoms with E-state index in [1.165, 1.54) is 43.2 Å². The van der Waals surface area contributed by atoms with Crippen molar-refractivity contribution in [1.82, 2.24) is 0 Å². The number of fused-ring (bicyclic) bond motifs is 2. The number of hydrogen-bond acceptors (Lipinski definition) is 1. The van der Waals surface area contributed by atoms with E-state index in [1.807, 2.05) is 0 Å². The van der Waals surface area contributed by atoms with Crippen molar-refractivity contribution in [2.45, 2.75) is 50.5 Å². The third kappa shape index (κ3) is 1.26. The van der Waals surface area contributed by atoms with Gasteiger partial charge in [0.2, 0.25) is 0 Å². The topological polar surface area (TPSA) is 26.0 Å². The van der Waals surface area contributed by atoms with Gasteiger partial charge in [0.05, 0.1) is 0 Å². The highest BCUT2D eigenvalue weighted by molar-refractivity contribution is 5.42. The number of aryl methyl sites for hydroxylation is 1. The van der Waals surface area contributed by atoms with Gasteiger partial charge in [0, 0.05) is 6.04 Å². The predicted molar refractivity (Wildman–Crippen MR) is 62.9 cm³/mol. The summed E-state index contributed by atoms with van der Waals surface area (Å²) < 4.78 is 0. The van der Waals surface area contributed by atoms with Crippen LogP contribution in [-0.4, -0.2) is 0 Å². The summed E-state index contributed by atoms with van der Waals surface area (Å²) in [5.41, 5.74) is 11.1. The summed E-state index contributed by atoms with van der Waals surface area (Å²) in [7, 11) is 0. The summed E-state index contributed by atoms with van der Waals surface area (Å²) in [5, 5.41) is 0. The normalized spacial score (nSPS) is 27.2. The van der Waals surface area contributed by atoms with Crippen LogP contribution in [0.25, 0.3) is 0 Å². The van der Waals surface area contributed by atoms with Gasteiger partial charge in [-0.3, -0.25) is 0 Å². The lowest BCUT2D eigenvalue weighted by Gasteiger charge is -2.48. The highest BCUT2D eigenvalue weighted by Crippen LogP contribution is 2.53. The molecule has 1 saturated carbocycles. The van der Waals surface area contributed by atoms with E-state index in [-0.39, 0.29) is 6.04 Å². The molecule has 0 radical (unpaired) electrons. The second kappa shape index (κ2) is 3.08. The second-order valence-corrected chi connectivity index (χ2v) is 5.37. The lowest BCUT2D eigenvalue weighted by atomic mass is 9.57. The average Bonchev–Trinajstić information content (AvgIpc) is 2.15. The van der Waals surface area contributed by atoms with Crippen molar-refractivity contribution < 1.29 is 0 Å². The minimum absolute atomic E-state index is 0.284. The van der Waals surface area contributed by atoms with E-state index >= 15 is 0 Å². The molecule has 2 N–H and O–H groups in total. The molecule has 0 aromatic heterocycles. The summed E-state index contributed by atoms with van der Waals surface area (Å²) in [5.74, 6) is 0. The molecule has 15 heavy (non-hydrogen) atoms. The van der Waals surface area contributed by atoms with Crippen molar-refractivity contribution in [2.75, 3.05) is 0 Å². The fourth-order valence-electron chi connectivity index (χ4n) is 3.30. The maximum Gasteiger partial charge on any atom is 0.0298 e. The maximum atomic E-state index is 6.20. The first-order chi connectivity index (χ1) is 7.21. The smallest absolute Gasteiger partial charge is 0.0298 e. The van der Waals surface area contributed by atoms with E-state index in [9.17, 15) is 0 Å². The third-order valence-corrected chi connectivity index (χ3v) is 4.42. The maximum absolute atomic E-state index is 6.20. The van der Waals surface area contributed by atoms with Gasteiger partial charge in [-0.05, 0) is 49.1 Å². The molecular weight excluding hydrogens is 182 g/mol. The Morgan fingerprint density at radius 2 is 2.07 bits per heavy atom. The minimum Gasteiger partial charge on any atom is -0.324 e. The summed E-state index contributed by atoms with van der Waals surface area (Å²) in [6.07, 6.45) is 6.66. The van der Waals surface area contributed by atoms with E-state index in [0.717, 1.165) is 0 Å². The second-order valence-electron chi connectivity index (χ2n) is 5.37. The first kappa shape index (κ1) is 9.41. The Balaban J connectivity index is 2.14. The number of rotatable bonds is 0. The van der Waals surface area contributed by atoms with E-state index in [1.54, 1.807) is 5.56 Å². The quantitative estimate of drug-likeness (QED) is 0.685.